The molecule has 3 rings (SSSR count). The summed E-state index contributed by atoms with van der Waals surface area (Å²) in [6.07, 6.45) is 2.08. The second-order valence-corrected chi connectivity index (χ2v) is 5.54. The Morgan fingerprint density at radius 2 is 2.17 bits per heavy atom. The fourth-order valence-electron chi connectivity index (χ4n) is 2.37. The van der Waals surface area contributed by atoms with E-state index in [1.165, 1.54) is 0 Å². The lowest BCUT2D eigenvalue weighted by atomic mass is 10.2. The van der Waals surface area contributed by atoms with E-state index in [9.17, 15) is 4.79 Å². The van der Waals surface area contributed by atoms with Gasteiger partial charge in [-0.05, 0) is 30.3 Å². The first-order valence-corrected chi connectivity index (χ1v) is 7.58. The highest BCUT2D eigenvalue weighted by atomic mass is 35.5. The Labute approximate surface area is 138 Å². The van der Waals surface area contributed by atoms with Crippen molar-refractivity contribution in [2.45, 2.75) is 13.0 Å². The predicted molar refractivity (Wildman–Crippen MR) is 91.0 cm³/mol. The third-order valence-corrected chi connectivity index (χ3v) is 3.74. The molecule has 0 bridgehead atoms. The van der Waals surface area contributed by atoms with Gasteiger partial charge in [0.15, 0.2) is 0 Å². The van der Waals surface area contributed by atoms with E-state index >= 15 is 0 Å². The number of methoxy groups -OCH3 is 1. The number of amides is 1. The minimum atomic E-state index is -0.0733. The van der Waals surface area contributed by atoms with Crippen LogP contribution in [0.1, 0.15) is 6.42 Å². The van der Waals surface area contributed by atoms with Crippen molar-refractivity contribution in [3.63, 3.8) is 0 Å². The second-order valence-electron chi connectivity index (χ2n) is 5.10. The van der Waals surface area contributed by atoms with Gasteiger partial charge in [-0.25, -0.2) is 0 Å². The number of hydrogen-bond donors (Lipinski definition) is 1. The van der Waals surface area contributed by atoms with E-state index in [0.29, 0.717) is 29.4 Å². The maximum absolute atomic E-state index is 12.1. The first-order chi connectivity index (χ1) is 11.2. The van der Waals surface area contributed by atoms with Gasteiger partial charge in [-0.3, -0.25) is 9.48 Å². The van der Waals surface area contributed by atoms with Crippen LogP contribution in [0.25, 0.3) is 10.9 Å². The van der Waals surface area contributed by atoms with E-state index < -0.39 is 0 Å². The second kappa shape index (κ2) is 6.71. The van der Waals surface area contributed by atoms with E-state index in [0.717, 1.165) is 10.9 Å². The average Bonchev–Trinajstić information content (AvgIpc) is 2.95. The molecule has 1 aromatic heterocycles. The largest absolute Gasteiger partial charge is 0.497 e. The van der Waals surface area contributed by atoms with E-state index in [2.05, 4.69) is 10.4 Å². The molecular weight excluding hydrogens is 314 g/mol. The minimum Gasteiger partial charge on any atom is -0.497 e. The Morgan fingerprint density at radius 1 is 1.30 bits per heavy atom. The number of halogens is 1. The quantitative estimate of drug-likeness (QED) is 0.776. The molecule has 0 spiro atoms. The van der Waals surface area contributed by atoms with Crippen LogP contribution in [-0.2, 0) is 11.3 Å². The topological polar surface area (TPSA) is 56.1 Å². The summed E-state index contributed by atoms with van der Waals surface area (Å²) in [5.41, 5.74) is 1.68. The lowest BCUT2D eigenvalue weighted by Crippen LogP contribution is -2.15. The molecule has 1 N–H and O–H groups in total. The molecule has 0 unspecified atom stereocenters. The molecule has 1 amide bonds. The highest BCUT2D eigenvalue weighted by molar-refractivity contribution is 6.31. The summed E-state index contributed by atoms with van der Waals surface area (Å²) in [5.74, 6) is 0.633. The number of aromatic nitrogens is 2. The van der Waals surface area contributed by atoms with Gasteiger partial charge in [0.05, 0.1) is 25.4 Å². The third-order valence-electron chi connectivity index (χ3n) is 3.51. The molecule has 0 radical (unpaired) electrons. The molecule has 0 aliphatic rings. The Kier molecular flexibility index (Phi) is 4.48. The number of rotatable bonds is 5. The Bertz CT molecular complexity index is 845. The summed E-state index contributed by atoms with van der Waals surface area (Å²) in [6, 6.07) is 12.9. The van der Waals surface area contributed by atoms with Crippen LogP contribution in [0.3, 0.4) is 0 Å². The lowest BCUT2D eigenvalue weighted by Gasteiger charge is -2.07. The fraction of sp³-hybridized carbons (Fsp3) is 0.176. The summed E-state index contributed by atoms with van der Waals surface area (Å²) in [7, 11) is 1.59. The summed E-state index contributed by atoms with van der Waals surface area (Å²) in [4.78, 5) is 12.1. The first-order valence-electron chi connectivity index (χ1n) is 7.21. The van der Waals surface area contributed by atoms with Gasteiger partial charge < -0.3 is 10.1 Å². The van der Waals surface area contributed by atoms with E-state index in [4.69, 9.17) is 16.3 Å². The monoisotopic (exact) mass is 329 g/mol. The number of benzene rings is 2. The summed E-state index contributed by atoms with van der Waals surface area (Å²) in [6.45, 7) is 0.501. The third kappa shape index (κ3) is 3.63. The number of fused-ring (bicyclic) bond motifs is 1. The van der Waals surface area contributed by atoms with Crippen LogP contribution < -0.4 is 10.1 Å². The van der Waals surface area contributed by atoms with Crippen LogP contribution >= 0.6 is 11.6 Å². The van der Waals surface area contributed by atoms with Crippen LogP contribution in [-0.4, -0.2) is 22.8 Å². The van der Waals surface area contributed by atoms with Crippen molar-refractivity contribution < 1.29 is 9.53 Å². The first kappa shape index (κ1) is 15.4. The molecule has 0 saturated heterocycles. The van der Waals surface area contributed by atoms with Crippen molar-refractivity contribution in [3.05, 3.63) is 53.7 Å². The van der Waals surface area contributed by atoms with Crippen LogP contribution in [0, 0.1) is 0 Å². The van der Waals surface area contributed by atoms with Gasteiger partial charge in [0.2, 0.25) is 5.91 Å². The normalized spacial score (nSPS) is 10.7. The number of hydrogen-bond acceptors (Lipinski definition) is 3. The van der Waals surface area contributed by atoms with Crippen molar-refractivity contribution >= 4 is 34.1 Å². The maximum Gasteiger partial charge on any atom is 0.226 e. The summed E-state index contributed by atoms with van der Waals surface area (Å²) in [5, 5.41) is 8.79. The molecule has 0 fully saturated rings. The average molecular weight is 330 g/mol. The van der Waals surface area contributed by atoms with Crippen LogP contribution in [0.2, 0.25) is 5.02 Å². The number of aryl methyl sites for hydroxylation is 1. The van der Waals surface area contributed by atoms with E-state index in [1.54, 1.807) is 24.1 Å². The molecule has 2 aromatic carbocycles. The standard InChI is InChI=1S/C17H16ClN3O2/c1-23-15-4-2-3-14(10-15)20-17(22)7-8-21-16-6-5-13(18)9-12(16)11-19-21/h2-6,9-11H,7-8H2,1H3,(H,20,22). The zero-order valence-corrected chi connectivity index (χ0v) is 13.4. The smallest absolute Gasteiger partial charge is 0.226 e. The molecule has 3 aromatic rings. The molecule has 118 valence electrons. The van der Waals surface area contributed by atoms with Crippen molar-refractivity contribution in [2.75, 3.05) is 12.4 Å². The molecule has 0 saturated carbocycles. The van der Waals surface area contributed by atoms with Crippen LogP contribution in [0.4, 0.5) is 5.69 Å². The van der Waals surface area contributed by atoms with Gasteiger partial charge in [0, 0.05) is 28.6 Å². The molecule has 6 heteroatoms. The lowest BCUT2D eigenvalue weighted by molar-refractivity contribution is -0.116. The van der Waals surface area contributed by atoms with Crippen molar-refractivity contribution in [1.82, 2.24) is 9.78 Å². The number of ether oxygens (including phenoxy) is 1. The molecular formula is C17H16ClN3O2. The van der Waals surface area contributed by atoms with Crippen molar-refractivity contribution in [1.29, 1.82) is 0 Å². The number of nitrogens with zero attached hydrogens (tertiary/aromatic N) is 2. The Morgan fingerprint density at radius 3 is 3.00 bits per heavy atom. The summed E-state index contributed by atoms with van der Waals surface area (Å²) < 4.78 is 6.94. The fourth-order valence-corrected chi connectivity index (χ4v) is 2.55. The van der Waals surface area contributed by atoms with E-state index in [-0.39, 0.29) is 5.91 Å². The Hall–Kier alpha value is -2.53. The van der Waals surface area contributed by atoms with Gasteiger partial charge in [-0.2, -0.15) is 5.10 Å². The SMILES string of the molecule is COc1cccc(NC(=O)CCn2ncc3cc(Cl)ccc32)c1. The van der Waals surface area contributed by atoms with Gasteiger partial charge in [-0.1, -0.05) is 17.7 Å². The summed E-state index contributed by atoms with van der Waals surface area (Å²) >= 11 is 5.96. The zero-order chi connectivity index (χ0) is 16.2. The minimum absolute atomic E-state index is 0.0733. The number of nitrogens with one attached hydrogen (secondary N) is 1. The van der Waals surface area contributed by atoms with Gasteiger partial charge in [0.25, 0.3) is 0 Å². The van der Waals surface area contributed by atoms with Crippen LogP contribution in [0.15, 0.2) is 48.7 Å². The maximum atomic E-state index is 12.1. The molecule has 1 heterocycles. The van der Waals surface area contributed by atoms with Crippen molar-refractivity contribution in [2.24, 2.45) is 0 Å². The highest BCUT2D eigenvalue weighted by Crippen LogP contribution is 2.20. The number of carbonyl (C=O) groups excluding carboxylic acids is 1. The van der Waals surface area contributed by atoms with Gasteiger partial charge in [0.1, 0.15) is 5.75 Å². The molecule has 0 atom stereocenters. The predicted octanol–water partition coefficient (Wildman–Crippen LogP) is 3.73. The molecule has 0 aliphatic carbocycles. The van der Waals surface area contributed by atoms with E-state index in [1.807, 2.05) is 36.4 Å². The molecule has 0 aliphatic heterocycles. The highest BCUT2D eigenvalue weighted by Gasteiger charge is 2.07. The van der Waals surface area contributed by atoms with Gasteiger partial charge in [-0.15, -0.1) is 0 Å². The molecule has 23 heavy (non-hydrogen) atoms. The van der Waals surface area contributed by atoms with Crippen LogP contribution in [0.5, 0.6) is 5.75 Å². The molecule has 5 nitrogen and oxygen atoms in total. The number of anilines is 1. The van der Waals surface area contributed by atoms with Gasteiger partial charge >= 0.3 is 0 Å². The Balaban J connectivity index is 1.63. The number of carbonyl (C=O) groups is 1. The van der Waals surface area contributed by atoms with Crippen molar-refractivity contribution in [3.8, 4) is 5.75 Å². The zero-order valence-electron chi connectivity index (χ0n) is 12.6.